The van der Waals surface area contributed by atoms with Gasteiger partial charge < -0.3 is 5.32 Å². The summed E-state index contributed by atoms with van der Waals surface area (Å²) in [4.78, 5) is 15.2. The van der Waals surface area contributed by atoms with Gasteiger partial charge in [-0.1, -0.05) is 11.6 Å². The number of hydrogen-bond donors (Lipinski definition) is 1. The lowest BCUT2D eigenvalue weighted by molar-refractivity contribution is 0.102. The number of hydrogen-bond acceptors (Lipinski definition) is 3. The minimum Gasteiger partial charge on any atom is -0.321 e. The molecular formula is C13H7ClFN3O. The summed E-state index contributed by atoms with van der Waals surface area (Å²) in [6.07, 6.45) is 1.19. The second kappa shape index (κ2) is 5.46. The lowest BCUT2D eigenvalue weighted by Gasteiger charge is -2.07. The zero-order valence-electron chi connectivity index (χ0n) is 9.52. The van der Waals surface area contributed by atoms with E-state index in [2.05, 4.69) is 10.3 Å². The quantitative estimate of drug-likeness (QED) is 0.857. The number of carbonyl (C=O) groups excluding carboxylic acids is 1. The molecule has 1 aromatic carbocycles. The first-order valence-electron chi connectivity index (χ1n) is 5.22. The van der Waals surface area contributed by atoms with E-state index in [1.54, 1.807) is 6.07 Å². The van der Waals surface area contributed by atoms with Gasteiger partial charge in [0.2, 0.25) is 5.95 Å². The largest absolute Gasteiger partial charge is 0.321 e. The van der Waals surface area contributed by atoms with Crippen LogP contribution in [0.4, 0.5) is 10.1 Å². The first kappa shape index (κ1) is 13.0. The maximum atomic E-state index is 12.9. The zero-order chi connectivity index (χ0) is 13.8. The molecule has 94 valence electrons. The lowest BCUT2D eigenvalue weighted by atomic mass is 10.2. The van der Waals surface area contributed by atoms with Gasteiger partial charge in [-0.05, 0) is 24.3 Å². The van der Waals surface area contributed by atoms with Crippen molar-refractivity contribution in [1.29, 1.82) is 5.26 Å². The van der Waals surface area contributed by atoms with Crippen LogP contribution in [0.15, 0.2) is 36.5 Å². The highest BCUT2D eigenvalue weighted by Gasteiger charge is 2.10. The van der Waals surface area contributed by atoms with Gasteiger partial charge in [-0.3, -0.25) is 4.79 Å². The van der Waals surface area contributed by atoms with E-state index in [9.17, 15) is 9.18 Å². The average Bonchev–Trinajstić information content (AvgIpc) is 2.39. The molecule has 0 saturated carbocycles. The molecule has 1 amide bonds. The number of aromatic nitrogens is 1. The fraction of sp³-hybridized carbons (Fsp3) is 0. The molecule has 1 N–H and O–H groups in total. The van der Waals surface area contributed by atoms with Crippen molar-refractivity contribution in [2.45, 2.75) is 0 Å². The molecule has 1 aromatic heterocycles. The van der Waals surface area contributed by atoms with E-state index >= 15 is 0 Å². The van der Waals surface area contributed by atoms with Crippen LogP contribution in [0, 0.1) is 17.3 Å². The third-order valence-corrected chi connectivity index (χ3v) is 2.57. The van der Waals surface area contributed by atoms with E-state index in [0.29, 0.717) is 5.02 Å². The van der Waals surface area contributed by atoms with Crippen molar-refractivity contribution in [3.8, 4) is 6.07 Å². The molecule has 0 saturated heterocycles. The highest BCUT2D eigenvalue weighted by molar-refractivity contribution is 6.31. The third kappa shape index (κ3) is 3.06. The standard InChI is InChI=1S/C13H7ClFN3O/c14-10-2-1-9(7-16)11(6-10)18-13(19)8-3-4-17-12(15)5-8/h1-6H,(H,18,19). The Hall–Kier alpha value is -2.45. The van der Waals surface area contributed by atoms with E-state index in [4.69, 9.17) is 16.9 Å². The van der Waals surface area contributed by atoms with Gasteiger partial charge in [0.05, 0.1) is 11.3 Å². The molecular weight excluding hydrogens is 269 g/mol. The van der Waals surface area contributed by atoms with Gasteiger partial charge in [-0.15, -0.1) is 0 Å². The minimum atomic E-state index is -0.751. The van der Waals surface area contributed by atoms with Crippen LogP contribution in [0.2, 0.25) is 5.02 Å². The Morgan fingerprint density at radius 3 is 2.84 bits per heavy atom. The van der Waals surface area contributed by atoms with Crippen molar-refractivity contribution in [2.75, 3.05) is 5.32 Å². The molecule has 0 aliphatic rings. The van der Waals surface area contributed by atoms with Gasteiger partial charge in [0.25, 0.3) is 5.91 Å². The van der Waals surface area contributed by atoms with Crippen LogP contribution in [0.25, 0.3) is 0 Å². The van der Waals surface area contributed by atoms with Gasteiger partial charge in [0.1, 0.15) is 6.07 Å². The Kier molecular flexibility index (Phi) is 3.74. The monoisotopic (exact) mass is 275 g/mol. The summed E-state index contributed by atoms with van der Waals surface area (Å²) < 4.78 is 12.9. The molecule has 0 aliphatic heterocycles. The molecule has 19 heavy (non-hydrogen) atoms. The van der Waals surface area contributed by atoms with Crippen LogP contribution in [0.1, 0.15) is 15.9 Å². The number of halogens is 2. The fourth-order valence-electron chi connectivity index (χ4n) is 1.46. The molecule has 0 unspecified atom stereocenters. The molecule has 0 spiro atoms. The zero-order valence-corrected chi connectivity index (χ0v) is 10.3. The van der Waals surface area contributed by atoms with Crippen molar-refractivity contribution in [1.82, 2.24) is 4.98 Å². The highest BCUT2D eigenvalue weighted by Crippen LogP contribution is 2.21. The number of anilines is 1. The predicted molar refractivity (Wildman–Crippen MR) is 68.3 cm³/mol. The van der Waals surface area contributed by atoms with Crippen molar-refractivity contribution in [3.05, 3.63) is 58.6 Å². The molecule has 2 rings (SSSR count). The minimum absolute atomic E-state index is 0.108. The van der Waals surface area contributed by atoms with Crippen LogP contribution in [-0.4, -0.2) is 10.9 Å². The number of pyridine rings is 1. The van der Waals surface area contributed by atoms with E-state index in [0.717, 1.165) is 6.07 Å². The maximum Gasteiger partial charge on any atom is 0.255 e. The Bertz CT molecular complexity index is 682. The first-order valence-corrected chi connectivity index (χ1v) is 5.60. The molecule has 0 radical (unpaired) electrons. The van der Waals surface area contributed by atoms with Crippen molar-refractivity contribution in [3.63, 3.8) is 0 Å². The number of nitriles is 1. The molecule has 4 nitrogen and oxygen atoms in total. The second-order valence-corrected chi connectivity index (χ2v) is 4.06. The van der Waals surface area contributed by atoms with E-state index in [-0.39, 0.29) is 16.8 Å². The second-order valence-electron chi connectivity index (χ2n) is 3.62. The van der Waals surface area contributed by atoms with Gasteiger partial charge in [0, 0.05) is 22.8 Å². The molecule has 0 atom stereocenters. The van der Waals surface area contributed by atoms with Gasteiger partial charge in [0.15, 0.2) is 0 Å². The Labute approximate surface area is 113 Å². The first-order chi connectivity index (χ1) is 9.10. The Morgan fingerprint density at radius 2 is 2.16 bits per heavy atom. The summed E-state index contributed by atoms with van der Waals surface area (Å²) in [6, 6.07) is 8.80. The third-order valence-electron chi connectivity index (χ3n) is 2.34. The Morgan fingerprint density at radius 1 is 1.37 bits per heavy atom. The molecule has 6 heteroatoms. The van der Waals surface area contributed by atoms with Crippen molar-refractivity contribution < 1.29 is 9.18 Å². The molecule has 0 bridgehead atoms. The van der Waals surface area contributed by atoms with Crippen LogP contribution >= 0.6 is 11.6 Å². The van der Waals surface area contributed by atoms with E-state index in [1.807, 2.05) is 6.07 Å². The van der Waals surface area contributed by atoms with Gasteiger partial charge >= 0.3 is 0 Å². The van der Waals surface area contributed by atoms with Gasteiger partial charge in [-0.25, -0.2) is 4.98 Å². The summed E-state index contributed by atoms with van der Waals surface area (Å²) in [7, 11) is 0. The highest BCUT2D eigenvalue weighted by atomic mass is 35.5. The number of rotatable bonds is 2. The summed E-state index contributed by atoms with van der Waals surface area (Å²) in [5.74, 6) is -1.29. The van der Waals surface area contributed by atoms with Crippen molar-refractivity contribution >= 4 is 23.2 Å². The van der Waals surface area contributed by atoms with Crippen LogP contribution in [0.5, 0.6) is 0 Å². The molecule has 2 aromatic rings. The van der Waals surface area contributed by atoms with Crippen LogP contribution in [0.3, 0.4) is 0 Å². The van der Waals surface area contributed by atoms with Crippen LogP contribution in [-0.2, 0) is 0 Å². The summed E-state index contributed by atoms with van der Waals surface area (Å²) in [5, 5.41) is 11.8. The molecule has 1 heterocycles. The number of carbonyl (C=O) groups is 1. The fourth-order valence-corrected chi connectivity index (χ4v) is 1.63. The van der Waals surface area contributed by atoms with E-state index < -0.39 is 11.9 Å². The summed E-state index contributed by atoms with van der Waals surface area (Å²) in [5.41, 5.74) is 0.654. The van der Waals surface area contributed by atoms with Gasteiger partial charge in [-0.2, -0.15) is 9.65 Å². The van der Waals surface area contributed by atoms with Crippen molar-refractivity contribution in [2.24, 2.45) is 0 Å². The maximum absolute atomic E-state index is 12.9. The average molecular weight is 276 g/mol. The number of amides is 1. The molecule has 0 fully saturated rings. The summed E-state index contributed by atoms with van der Waals surface area (Å²) in [6.45, 7) is 0. The number of nitrogens with one attached hydrogen (secondary N) is 1. The lowest BCUT2D eigenvalue weighted by Crippen LogP contribution is -2.13. The smallest absolute Gasteiger partial charge is 0.255 e. The Balaban J connectivity index is 2.29. The van der Waals surface area contributed by atoms with E-state index in [1.165, 1.54) is 24.4 Å². The number of benzene rings is 1. The SMILES string of the molecule is N#Cc1ccc(Cl)cc1NC(=O)c1ccnc(F)c1. The van der Waals surface area contributed by atoms with Crippen LogP contribution < -0.4 is 5.32 Å². The summed E-state index contributed by atoms with van der Waals surface area (Å²) >= 11 is 5.80. The normalized spacial score (nSPS) is 9.74. The number of nitrogens with zero attached hydrogens (tertiary/aromatic N) is 2. The topological polar surface area (TPSA) is 65.8 Å². The molecule has 0 aliphatic carbocycles. The predicted octanol–water partition coefficient (Wildman–Crippen LogP) is 3.00.